The topological polar surface area (TPSA) is 27.0 Å². The van der Waals surface area contributed by atoms with Crippen LogP contribution >= 0.6 is 0 Å². The average molecular weight is 194 g/mol. The predicted octanol–water partition coefficient (Wildman–Crippen LogP) is 2.94. The lowest BCUT2D eigenvalue weighted by molar-refractivity contribution is 0.195. The van der Waals surface area contributed by atoms with Crippen LogP contribution in [0, 0.1) is 11.3 Å². The van der Waals surface area contributed by atoms with Crippen molar-refractivity contribution in [1.29, 1.82) is 5.26 Å². The van der Waals surface area contributed by atoms with Crippen LogP contribution in [0.5, 0.6) is 0 Å². The van der Waals surface area contributed by atoms with E-state index in [9.17, 15) is 0 Å². The Morgan fingerprint density at radius 1 is 1.36 bits per heavy atom. The average Bonchev–Trinajstić information content (AvgIpc) is 2.55. The maximum atomic E-state index is 8.44. The van der Waals surface area contributed by atoms with Gasteiger partial charge in [-0.3, -0.25) is 4.90 Å². The molecule has 1 rings (SSSR count). The molecule has 0 saturated carbocycles. The number of nitriles is 1. The Hall–Kier alpha value is -0.550. The molecule has 0 aromatic rings. The highest BCUT2D eigenvalue weighted by Gasteiger charge is 2.28. The van der Waals surface area contributed by atoms with Gasteiger partial charge in [0, 0.05) is 18.5 Å². The molecule has 0 aliphatic carbocycles. The lowest BCUT2D eigenvalue weighted by atomic mass is 10.1. The van der Waals surface area contributed by atoms with Crippen molar-refractivity contribution in [2.24, 2.45) is 0 Å². The highest BCUT2D eigenvalue weighted by molar-refractivity contribution is 4.84. The van der Waals surface area contributed by atoms with E-state index in [1.165, 1.54) is 32.2 Å². The van der Waals surface area contributed by atoms with Gasteiger partial charge in [-0.1, -0.05) is 6.92 Å². The van der Waals surface area contributed by atoms with Crippen LogP contribution in [-0.2, 0) is 0 Å². The molecular weight excluding hydrogens is 172 g/mol. The van der Waals surface area contributed by atoms with Gasteiger partial charge in [-0.15, -0.1) is 0 Å². The summed E-state index contributed by atoms with van der Waals surface area (Å²) in [4.78, 5) is 2.64. The largest absolute Gasteiger partial charge is 0.298 e. The number of nitrogens with zero attached hydrogens (tertiary/aromatic N) is 2. The van der Waals surface area contributed by atoms with Gasteiger partial charge in [-0.05, 0) is 45.6 Å². The number of rotatable bonds is 5. The fraction of sp³-hybridized carbons (Fsp3) is 0.917. The highest BCUT2D eigenvalue weighted by atomic mass is 15.2. The molecule has 1 fully saturated rings. The molecule has 2 nitrogen and oxygen atoms in total. The molecule has 0 aromatic carbocycles. The lowest BCUT2D eigenvalue weighted by Gasteiger charge is -2.27. The minimum absolute atomic E-state index is 0.721. The molecule has 0 amide bonds. The minimum Gasteiger partial charge on any atom is -0.298 e. The SMILES string of the molecule is CCC1CCC(C)N1CCCCC#N. The third-order valence-electron chi connectivity index (χ3n) is 3.38. The summed E-state index contributed by atoms with van der Waals surface area (Å²) in [7, 11) is 0. The Morgan fingerprint density at radius 2 is 2.14 bits per heavy atom. The molecule has 0 aromatic heterocycles. The summed E-state index contributed by atoms with van der Waals surface area (Å²) in [5.74, 6) is 0. The van der Waals surface area contributed by atoms with Crippen molar-refractivity contribution in [3.63, 3.8) is 0 Å². The second kappa shape index (κ2) is 6.03. The van der Waals surface area contributed by atoms with Crippen molar-refractivity contribution in [3.8, 4) is 6.07 Å². The molecule has 0 spiro atoms. The quantitative estimate of drug-likeness (QED) is 0.629. The molecule has 0 radical (unpaired) electrons. The third-order valence-corrected chi connectivity index (χ3v) is 3.38. The van der Waals surface area contributed by atoms with Gasteiger partial charge < -0.3 is 0 Å². The van der Waals surface area contributed by atoms with Crippen LogP contribution in [0.4, 0.5) is 0 Å². The summed E-state index contributed by atoms with van der Waals surface area (Å²) in [5.41, 5.74) is 0. The molecule has 0 N–H and O–H groups in total. The fourth-order valence-electron chi connectivity index (χ4n) is 2.47. The van der Waals surface area contributed by atoms with Crippen LogP contribution in [0.1, 0.15) is 52.4 Å². The Balaban J connectivity index is 2.23. The van der Waals surface area contributed by atoms with Crippen LogP contribution in [0.2, 0.25) is 0 Å². The maximum Gasteiger partial charge on any atom is 0.0621 e. The molecule has 2 atom stereocenters. The summed E-state index contributed by atoms with van der Waals surface area (Å²) in [6, 6.07) is 3.79. The predicted molar refractivity (Wildman–Crippen MR) is 58.9 cm³/mol. The van der Waals surface area contributed by atoms with Crippen molar-refractivity contribution in [2.75, 3.05) is 6.54 Å². The zero-order valence-electron chi connectivity index (χ0n) is 9.50. The van der Waals surface area contributed by atoms with Crippen molar-refractivity contribution in [2.45, 2.75) is 64.5 Å². The van der Waals surface area contributed by atoms with E-state index in [1.54, 1.807) is 0 Å². The number of hydrogen-bond acceptors (Lipinski definition) is 2. The zero-order valence-corrected chi connectivity index (χ0v) is 9.50. The fourth-order valence-corrected chi connectivity index (χ4v) is 2.47. The lowest BCUT2D eigenvalue weighted by Crippen LogP contribution is -2.34. The minimum atomic E-state index is 0.721. The van der Waals surface area contributed by atoms with Gasteiger partial charge >= 0.3 is 0 Å². The molecule has 2 unspecified atom stereocenters. The molecular formula is C12H22N2. The molecule has 1 aliphatic heterocycles. The molecule has 2 heteroatoms. The van der Waals surface area contributed by atoms with Gasteiger partial charge in [0.05, 0.1) is 6.07 Å². The molecule has 1 saturated heterocycles. The van der Waals surface area contributed by atoms with E-state index >= 15 is 0 Å². The smallest absolute Gasteiger partial charge is 0.0621 e. The van der Waals surface area contributed by atoms with Gasteiger partial charge in [-0.2, -0.15) is 5.26 Å². The first-order valence-corrected chi connectivity index (χ1v) is 5.92. The van der Waals surface area contributed by atoms with Crippen molar-refractivity contribution in [3.05, 3.63) is 0 Å². The van der Waals surface area contributed by atoms with Gasteiger partial charge in [0.25, 0.3) is 0 Å². The number of hydrogen-bond donors (Lipinski definition) is 0. The molecule has 0 bridgehead atoms. The van der Waals surface area contributed by atoms with Gasteiger partial charge in [0.15, 0.2) is 0 Å². The van der Waals surface area contributed by atoms with E-state index < -0.39 is 0 Å². The molecule has 1 heterocycles. The van der Waals surface area contributed by atoms with E-state index in [1.807, 2.05) is 0 Å². The zero-order chi connectivity index (χ0) is 10.4. The van der Waals surface area contributed by atoms with Crippen molar-refractivity contribution in [1.82, 2.24) is 4.90 Å². The van der Waals surface area contributed by atoms with Gasteiger partial charge in [-0.25, -0.2) is 0 Å². The molecule has 1 aliphatic rings. The van der Waals surface area contributed by atoms with Gasteiger partial charge in [0.2, 0.25) is 0 Å². The summed E-state index contributed by atoms with van der Waals surface area (Å²) < 4.78 is 0. The standard InChI is InChI=1S/C12H22N2/c1-3-12-8-7-11(2)14(12)10-6-4-5-9-13/h11-12H,3-8,10H2,1-2H3. The van der Waals surface area contributed by atoms with E-state index in [0.29, 0.717) is 0 Å². The van der Waals surface area contributed by atoms with Crippen LogP contribution in [-0.4, -0.2) is 23.5 Å². The first-order chi connectivity index (χ1) is 6.79. The first kappa shape index (κ1) is 11.5. The van der Waals surface area contributed by atoms with Gasteiger partial charge in [0.1, 0.15) is 0 Å². The van der Waals surface area contributed by atoms with Crippen LogP contribution in [0.15, 0.2) is 0 Å². The third kappa shape index (κ3) is 2.99. The first-order valence-electron chi connectivity index (χ1n) is 5.92. The van der Waals surface area contributed by atoms with E-state index in [-0.39, 0.29) is 0 Å². The second-order valence-corrected chi connectivity index (χ2v) is 4.34. The summed E-state index contributed by atoms with van der Waals surface area (Å²) in [5, 5.41) is 8.44. The molecule has 14 heavy (non-hydrogen) atoms. The highest BCUT2D eigenvalue weighted by Crippen LogP contribution is 2.26. The van der Waals surface area contributed by atoms with E-state index in [2.05, 4.69) is 24.8 Å². The Morgan fingerprint density at radius 3 is 2.79 bits per heavy atom. The van der Waals surface area contributed by atoms with Crippen LogP contribution in [0.25, 0.3) is 0 Å². The van der Waals surface area contributed by atoms with Crippen molar-refractivity contribution >= 4 is 0 Å². The summed E-state index contributed by atoms with van der Waals surface area (Å²) >= 11 is 0. The van der Waals surface area contributed by atoms with Crippen LogP contribution in [0.3, 0.4) is 0 Å². The monoisotopic (exact) mass is 194 g/mol. The maximum absolute atomic E-state index is 8.44. The normalized spacial score (nSPS) is 27.8. The van der Waals surface area contributed by atoms with Crippen LogP contribution < -0.4 is 0 Å². The number of likely N-dealkylation sites (tertiary alicyclic amines) is 1. The summed E-state index contributed by atoms with van der Waals surface area (Å²) in [6.07, 6.45) is 6.98. The van der Waals surface area contributed by atoms with E-state index in [0.717, 1.165) is 24.9 Å². The Kier molecular flexibility index (Phi) is 4.97. The number of unbranched alkanes of at least 4 members (excludes halogenated alkanes) is 2. The Labute approximate surface area is 87.9 Å². The van der Waals surface area contributed by atoms with Crippen molar-refractivity contribution < 1.29 is 0 Å². The molecule has 80 valence electrons. The Bertz CT molecular complexity index is 195. The van der Waals surface area contributed by atoms with E-state index in [4.69, 9.17) is 5.26 Å². The second-order valence-electron chi connectivity index (χ2n) is 4.34. The summed E-state index contributed by atoms with van der Waals surface area (Å²) in [6.45, 7) is 5.81.